The van der Waals surface area contributed by atoms with Crippen molar-refractivity contribution in [1.82, 2.24) is 10.2 Å². The lowest BCUT2D eigenvalue weighted by Gasteiger charge is -2.34. The van der Waals surface area contributed by atoms with Crippen molar-refractivity contribution in [2.24, 2.45) is 0 Å². The van der Waals surface area contributed by atoms with Crippen molar-refractivity contribution in [1.29, 1.82) is 0 Å². The molecular weight excluding hydrogens is 598 g/mol. The Morgan fingerprint density at radius 1 is 0.805 bits per heavy atom. The number of nitrogens with zero attached hydrogens (tertiary/aromatic N) is 1. The van der Waals surface area contributed by atoms with Gasteiger partial charge in [-0.2, -0.15) is 0 Å². The molecule has 0 radical (unpaired) electrons. The molecule has 1 heterocycles. The van der Waals surface area contributed by atoms with E-state index in [0.717, 1.165) is 42.4 Å². The lowest BCUT2D eigenvalue weighted by molar-refractivity contribution is -0.133. The number of carbonyl (C=O) groups is 2. The summed E-state index contributed by atoms with van der Waals surface area (Å²) in [6, 6.07) is 20.4. The lowest BCUT2D eigenvalue weighted by Crippen LogP contribution is -2.53. The van der Waals surface area contributed by atoms with Crippen LogP contribution in [0.2, 0.25) is 20.1 Å². The highest BCUT2D eigenvalue weighted by atomic mass is 35.5. The van der Waals surface area contributed by atoms with Gasteiger partial charge < -0.3 is 10.2 Å². The van der Waals surface area contributed by atoms with Gasteiger partial charge in [0, 0.05) is 30.3 Å². The molecule has 2 fully saturated rings. The van der Waals surface area contributed by atoms with Crippen molar-refractivity contribution in [3.05, 3.63) is 115 Å². The molecule has 1 saturated carbocycles. The molecule has 3 aromatic rings. The number of hydrogen-bond donors (Lipinski definition) is 1. The molecule has 5 rings (SSSR count). The summed E-state index contributed by atoms with van der Waals surface area (Å²) in [5.41, 5.74) is 3.54. The minimum atomic E-state index is -0.411. The first-order valence-corrected chi connectivity index (χ1v) is 15.2. The fourth-order valence-electron chi connectivity index (χ4n) is 5.47. The summed E-state index contributed by atoms with van der Waals surface area (Å²) in [4.78, 5) is 29.7. The molecule has 1 amide bonds. The molecule has 1 N–H and O–H groups in total. The van der Waals surface area contributed by atoms with Gasteiger partial charge in [0.15, 0.2) is 5.78 Å². The molecule has 0 bridgehead atoms. The molecule has 41 heavy (non-hydrogen) atoms. The second-order valence-corrected chi connectivity index (χ2v) is 12.2. The topological polar surface area (TPSA) is 49.4 Å². The zero-order valence-electron chi connectivity index (χ0n) is 22.4. The van der Waals surface area contributed by atoms with Gasteiger partial charge in [0.1, 0.15) is 0 Å². The summed E-state index contributed by atoms with van der Waals surface area (Å²) >= 11 is 24.7. The minimum Gasteiger partial charge on any atom is -0.332 e. The summed E-state index contributed by atoms with van der Waals surface area (Å²) in [6.45, 7) is 0.378. The molecule has 1 aliphatic heterocycles. The van der Waals surface area contributed by atoms with Crippen LogP contribution in [0.3, 0.4) is 0 Å². The van der Waals surface area contributed by atoms with Crippen LogP contribution in [0.1, 0.15) is 42.4 Å². The van der Waals surface area contributed by atoms with Crippen LogP contribution < -0.4 is 5.32 Å². The van der Waals surface area contributed by atoms with Crippen LogP contribution in [-0.2, 0) is 16.0 Å². The zero-order chi connectivity index (χ0) is 28.9. The number of rotatable bonds is 7. The molecule has 1 saturated heterocycles. The fraction of sp³-hybridized carbons (Fsp3) is 0.273. The van der Waals surface area contributed by atoms with Crippen LogP contribution in [0.5, 0.6) is 0 Å². The van der Waals surface area contributed by atoms with E-state index in [4.69, 9.17) is 46.4 Å². The Bertz CT molecular complexity index is 1420. The van der Waals surface area contributed by atoms with Gasteiger partial charge in [-0.3, -0.25) is 9.59 Å². The maximum absolute atomic E-state index is 14.2. The monoisotopic (exact) mass is 626 g/mol. The van der Waals surface area contributed by atoms with E-state index in [1.165, 1.54) is 0 Å². The first-order valence-electron chi connectivity index (χ1n) is 13.7. The highest BCUT2D eigenvalue weighted by Gasteiger charge is 2.34. The second-order valence-electron chi connectivity index (χ2n) is 10.6. The average Bonchev–Trinajstić information content (AvgIpc) is 3.48. The van der Waals surface area contributed by atoms with Crippen LogP contribution in [-0.4, -0.2) is 41.8 Å². The van der Waals surface area contributed by atoms with Gasteiger partial charge in [-0.15, -0.1) is 0 Å². The first kappa shape index (κ1) is 29.9. The van der Waals surface area contributed by atoms with E-state index in [-0.39, 0.29) is 24.8 Å². The molecule has 4 nitrogen and oxygen atoms in total. The predicted octanol–water partition coefficient (Wildman–Crippen LogP) is 8.32. The Morgan fingerprint density at radius 2 is 1.34 bits per heavy atom. The molecule has 212 valence electrons. The Morgan fingerprint density at radius 3 is 1.85 bits per heavy atom. The maximum atomic E-state index is 14.2. The van der Waals surface area contributed by atoms with Crippen LogP contribution in [0.25, 0.3) is 12.2 Å². The van der Waals surface area contributed by atoms with Crippen LogP contribution in [0, 0.1) is 0 Å². The number of nitrogens with one attached hydrogen (secondary N) is 1. The highest BCUT2D eigenvalue weighted by Crippen LogP contribution is 2.29. The number of likely N-dealkylation sites (tertiary alicyclic amines) is 1. The van der Waals surface area contributed by atoms with Gasteiger partial charge in [0.05, 0.1) is 26.1 Å². The molecule has 2 aliphatic rings. The summed E-state index contributed by atoms with van der Waals surface area (Å²) in [5, 5.41) is 5.31. The molecule has 3 aromatic carbocycles. The van der Waals surface area contributed by atoms with Crippen LogP contribution >= 0.6 is 46.4 Å². The van der Waals surface area contributed by atoms with Gasteiger partial charge in [-0.05, 0) is 72.4 Å². The van der Waals surface area contributed by atoms with E-state index in [0.29, 0.717) is 43.7 Å². The SMILES string of the molecule is O=C1/C(=C/c2ccc(Cl)c(Cl)c2)CN(C(=O)[C@@H](Cc2ccccc2)NC2CCCC2)C/C1=C\c1ccc(Cl)c(Cl)c1. The Hall–Kier alpha value is -2.60. The van der Waals surface area contributed by atoms with E-state index in [2.05, 4.69) is 5.32 Å². The Labute approximate surface area is 260 Å². The van der Waals surface area contributed by atoms with Gasteiger partial charge in [-0.1, -0.05) is 102 Å². The molecule has 1 aliphatic carbocycles. The Kier molecular flexibility index (Phi) is 9.90. The average molecular weight is 628 g/mol. The molecular formula is C33H30Cl4N2O2. The van der Waals surface area contributed by atoms with E-state index < -0.39 is 6.04 Å². The standard InChI is InChI=1S/C33H30Cl4N2O2/c34-27-12-10-22(16-29(27)36)14-24-19-39(20-25(32(24)40)15-23-11-13-28(35)30(37)17-23)33(41)31(38-26-8-4-5-9-26)18-21-6-2-1-3-7-21/h1-3,6-7,10-17,26,31,38H,4-5,8-9,18-20H2/b24-14+,25-15+/t31-/m1/s1. The zero-order valence-corrected chi connectivity index (χ0v) is 25.4. The molecule has 1 atom stereocenters. The predicted molar refractivity (Wildman–Crippen MR) is 170 cm³/mol. The van der Waals surface area contributed by atoms with Crippen LogP contribution in [0.15, 0.2) is 77.9 Å². The lowest BCUT2D eigenvalue weighted by atomic mass is 9.93. The highest BCUT2D eigenvalue weighted by molar-refractivity contribution is 6.42. The number of ketones is 1. The number of piperidine rings is 1. The number of hydrogen-bond acceptors (Lipinski definition) is 3. The van der Waals surface area contributed by atoms with Gasteiger partial charge in [-0.25, -0.2) is 0 Å². The number of amides is 1. The van der Waals surface area contributed by atoms with Crippen molar-refractivity contribution in [3.63, 3.8) is 0 Å². The summed E-state index contributed by atoms with van der Waals surface area (Å²) in [6.07, 6.45) is 8.57. The van der Waals surface area contributed by atoms with Gasteiger partial charge in [0.2, 0.25) is 5.91 Å². The Balaban J connectivity index is 1.50. The molecule has 0 unspecified atom stereocenters. The number of benzene rings is 3. The molecule has 8 heteroatoms. The normalized spacial score (nSPS) is 18.8. The molecule has 0 spiro atoms. The van der Waals surface area contributed by atoms with E-state index in [1.54, 1.807) is 53.5 Å². The smallest absolute Gasteiger partial charge is 0.240 e. The van der Waals surface area contributed by atoms with Crippen molar-refractivity contribution < 1.29 is 9.59 Å². The third-order valence-corrected chi connectivity index (χ3v) is 9.04. The number of halogens is 4. The van der Waals surface area contributed by atoms with E-state index >= 15 is 0 Å². The largest absolute Gasteiger partial charge is 0.332 e. The quantitative estimate of drug-likeness (QED) is 0.268. The molecule has 0 aromatic heterocycles. The van der Waals surface area contributed by atoms with Gasteiger partial charge in [0.25, 0.3) is 0 Å². The fourth-order valence-corrected chi connectivity index (χ4v) is 6.08. The maximum Gasteiger partial charge on any atom is 0.240 e. The van der Waals surface area contributed by atoms with Gasteiger partial charge >= 0.3 is 0 Å². The van der Waals surface area contributed by atoms with E-state index in [9.17, 15) is 9.59 Å². The third-order valence-electron chi connectivity index (χ3n) is 7.56. The number of carbonyl (C=O) groups excluding carboxylic acids is 2. The van der Waals surface area contributed by atoms with Crippen molar-refractivity contribution >= 4 is 70.2 Å². The van der Waals surface area contributed by atoms with Crippen molar-refractivity contribution in [3.8, 4) is 0 Å². The first-order chi connectivity index (χ1) is 19.8. The number of Topliss-reactive ketones (excluding diaryl/α,β-unsaturated/α-hetero) is 1. The summed E-state index contributed by atoms with van der Waals surface area (Å²) in [7, 11) is 0. The van der Waals surface area contributed by atoms with Crippen molar-refractivity contribution in [2.45, 2.75) is 44.2 Å². The van der Waals surface area contributed by atoms with E-state index in [1.807, 2.05) is 30.3 Å². The second kappa shape index (κ2) is 13.6. The minimum absolute atomic E-state index is 0.0340. The summed E-state index contributed by atoms with van der Waals surface area (Å²) < 4.78 is 0. The summed E-state index contributed by atoms with van der Waals surface area (Å²) in [5.74, 6) is -0.164. The third kappa shape index (κ3) is 7.63. The van der Waals surface area contributed by atoms with Crippen LogP contribution in [0.4, 0.5) is 0 Å². The van der Waals surface area contributed by atoms with Crippen molar-refractivity contribution in [2.75, 3.05) is 13.1 Å².